The van der Waals surface area contributed by atoms with E-state index in [1.54, 1.807) is 0 Å². The topological polar surface area (TPSA) is 12.0 Å². The second-order valence-electron chi connectivity index (χ2n) is 3.68. The fraction of sp³-hybridized carbons (Fsp3) is 0.636. The molecule has 1 aliphatic rings. The minimum atomic E-state index is 0.669. The maximum Gasteiger partial charge on any atom is 0.0329 e. The highest BCUT2D eigenvalue weighted by molar-refractivity contribution is 5.32. The molecule has 0 aromatic heterocycles. The van der Waals surface area contributed by atoms with Crippen LogP contribution in [0.5, 0.6) is 0 Å². The molecule has 1 rings (SSSR count). The number of hydrogen-bond acceptors (Lipinski definition) is 1. The van der Waals surface area contributed by atoms with E-state index in [0.717, 1.165) is 6.54 Å². The highest BCUT2D eigenvalue weighted by Crippen LogP contribution is 2.25. The molecule has 2 atom stereocenters. The smallest absolute Gasteiger partial charge is 0.0329 e. The van der Waals surface area contributed by atoms with E-state index in [2.05, 4.69) is 45.2 Å². The monoisotopic (exact) mass is 165 g/mol. The molecule has 1 unspecified atom stereocenters. The molecule has 0 aromatic rings. The van der Waals surface area contributed by atoms with Gasteiger partial charge in [0, 0.05) is 12.2 Å². The zero-order valence-corrected chi connectivity index (χ0v) is 8.52. The highest BCUT2D eigenvalue weighted by Gasteiger charge is 2.14. The summed E-state index contributed by atoms with van der Waals surface area (Å²) in [4.78, 5) is 0. The van der Waals surface area contributed by atoms with Crippen LogP contribution in [0.2, 0.25) is 0 Å². The molecular weight excluding hydrogens is 146 g/mol. The van der Waals surface area contributed by atoms with Crippen LogP contribution in [0.1, 0.15) is 27.7 Å². The van der Waals surface area contributed by atoms with Gasteiger partial charge < -0.3 is 5.32 Å². The van der Waals surface area contributed by atoms with Crippen LogP contribution >= 0.6 is 0 Å². The van der Waals surface area contributed by atoms with Gasteiger partial charge in [-0.15, -0.1) is 0 Å². The largest absolute Gasteiger partial charge is 0.385 e. The predicted octanol–water partition coefficient (Wildman–Crippen LogP) is 2.71. The second-order valence-corrected chi connectivity index (χ2v) is 3.68. The van der Waals surface area contributed by atoms with Crippen LogP contribution in [0.3, 0.4) is 0 Å². The molecule has 1 N–H and O–H groups in total. The van der Waals surface area contributed by atoms with Crippen molar-refractivity contribution < 1.29 is 0 Å². The summed E-state index contributed by atoms with van der Waals surface area (Å²) in [5, 5.41) is 3.38. The number of rotatable bonds is 2. The standard InChI is InChI=1S/C11H19N/c1-5-12-11-7-9(3)8(2)6-10(11)4/h6-9,12H,5H2,1-4H3/t8-,9?/m1/s1. The Kier molecular flexibility index (Phi) is 2.96. The second kappa shape index (κ2) is 3.79. The molecule has 1 heteroatoms. The predicted molar refractivity (Wildman–Crippen MR) is 53.8 cm³/mol. The Labute approximate surface area is 75.6 Å². The maximum absolute atomic E-state index is 3.38. The lowest BCUT2D eigenvalue weighted by molar-refractivity contribution is 0.537. The average Bonchev–Trinajstić information content (AvgIpc) is 2.01. The summed E-state index contributed by atoms with van der Waals surface area (Å²) >= 11 is 0. The molecule has 0 spiro atoms. The maximum atomic E-state index is 3.38. The lowest BCUT2D eigenvalue weighted by atomic mass is 9.87. The van der Waals surface area contributed by atoms with Crippen molar-refractivity contribution in [3.05, 3.63) is 23.4 Å². The highest BCUT2D eigenvalue weighted by atomic mass is 14.9. The molecule has 0 fully saturated rings. The molecule has 0 saturated carbocycles. The van der Waals surface area contributed by atoms with E-state index in [4.69, 9.17) is 0 Å². The number of likely N-dealkylation sites (N-methyl/N-ethyl adjacent to an activating group) is 1. The van der Waals surface area contributed by atoms with E-state index in [-0.39, 0.29) is 0 Å². The quantitative estimate of drug-likeness (QED) is 0.663. The Bertz CT molecular complexity index is 213. The van der Waals surface area contributed by atoms with Gasteiger partial charge in [-0.25, -0.2) is 0 Å². The van der Waals surface area contributed by atoms with Crippen LogP contribution in [0.4, 0.5) is 0 Å². The van der Waals surface area contributed by atoms with Crippen molar-refractivity contribution in [3.63, 3.8) is 0 Å². The summed E-state index contributed by atoms with van der Waals surface area (Å²) in [5.74, 6) is 1.36. The molecule has 0 aliphatic heterocycles. The van der Waals surface area contributed by atoms with Crippen molar-refractivity contribution in [1.29, 1.82) is 0 Å². The van der Waals surface area contributed by atoms with Gasteiger partial charge >= 0.3 is 0 Å². The lowest BCUT2D eigenvalue weighted by Gasteiger charge is -2.23. The SMILES string of the molecule is CCNC1=CC(C)[C@H](C)C=C1C. The van der Waals surface area contributed by atoms with Gasteiger partial charge in [0.15, 0.2) is 0 Å². The first-order valence-corrected chi connectivity index (χ1v) is 4.79. The number of hydrogen-bond donors (Lipinski definition) is 1. The third-order valence-electron chi connectivity index (χ3n) is 2.56. The number of allylic oxidation sites excluding steroid dienone is 3. The normalized spacial score (nSPS) is 29.3. The van der Waals surface area contributed by atoms with Crippen molar-refractivity contribution in [3.8, 4) is 0 Å². The van der Waals surface area contributed by atoms with Gasteiger partial charge in [0.25, 0.3) is 0 Å². The van der Waals surface area contributed by atoms with Crippen LogP contribution < -0.4 is 5.32 Å². The Morgan fingerprint density at radius 2 is 1.83 bits per heavy atom. The minimum absolute atomic E-state index is 0.669. The van der Waals surface area contributed by atoms with Crippen LogP contribution in [-0.2, 0) is 0 Å². The number of nitrogens with one attached hydrogen (secondary N) is 1. The first-order chi connectivity index (χ1) is 5.65. The molecule has 68 valence electrons. The van der Waals surface area contributed by atoms with Crippen LogP contribution in [-0.4, -0.2) is 6.54 Å². The molecule has 1 nitrogen and oxygen atoms in total. The fourth-order valence-corrected chi connectivity index (χ4v) is 1.57. The Hall–Kier alpha value is -0.720. The molecule has 0 aromatic carbocycles. The molecule has 0 radical (unpaired) electrons. The van der Waals surface area contributed by atoms with Gasteiger partial charge in [0.2, 0.25) is 0 Å². The van der Waals surface area contributed by atoms with Crippen molar-refractivity contribution in [2.75, 3.05) is 6.54 Å². The minimum Gasteiger partial charge on any atom is -0.385 e. The summed E-state index contributed by atoms with van der Waals surface area (Å²) in [7, 11) is 0. The Morgan fingerprint density at radius 1 is 1.25 bits per heavy atom. The van der Waals surface area contributed by atoms with Gasteiger partial charge in [-0.2, -0.15) is 0 Å². The zero-order chi connectivity index (χ0) is 9.14. The third-order valence-corrected chi connectivity index (χ3v) is 2.56. The lowest BCUT2D eigenvalue weighted by Crippen LogP contribution is -2.19. The van der Waals surface area contributed by atoms with Gasteiger partial charge in [0.05, 0.1) is 0 Å². The Morgan fingerprint density at radius 3 is 2.42 bits per heavy atom. The average molecular weight is 165 g/mol. The molecular formula is C11H19N. The third kappa shape index (κ3) is 1.90. The molecule has 0 amide bonds. The van der Waals surface area contributed by atoms with E-state index in [1.165, 1.54) is 11.3 Å². The molecule has 12 heavy (non-hydrogen) atoms. The first kappa shape index (κ1) is 9.37. The summed E-state index contributed by atoms with van der Waals surface area (Å²) in [6, 6.07) is 0. The van der Waals surface area contributed by atoms with Gasteiger partial charge in [-0.1, -0.05) is 26.0 Å². The van der Waals surface area contributed by atoms with Crippen molar-refractivity contribution in [2.45, 2.75) is 27.7 Å². The van der Waals surface area contributed by atoms with E-state index in [1.807, 2.05) is 0 Å². The van der Waals surface area contributed by atoms with Gasteiger partial charge in [-0.05, 0) is 31.3 Å². The van der Waals surface area contributed by atoms with Crippen LogP contribution in [0.25, 0.3) is 0 Å². The summed E-state index contributed by atoms with van der Waals surface area (Å²) < 4.78 is 0. The van der Waals surface area contributed by atoms with Crippen molar-refractivity contribution in [1.82, 2.24) is 5.32 Å². The fourth-order valence-electron chi connectivity index (χ4n) is 1.57. The van der Waals surface area contributed by atoms with Crippen molar-refractivity contribution in [2.24, 2.45) is 11.8 Å². The van der Waals surface area contributed by atoms with Gasteiger partial charge in [-0.3, -0.25) is 0 Å². The summed E-state index contributed by atoms with van der Waals surface area (Å²) in [5.41, 5.74) is 2.71. The van der Waals surface area contributed by atoms with Gasteiger partial charge in [0.1, 0.15) is 0 Å². The summed E-state index contributed by atoms with van der Waals surface area (Å²) in [6.07, 6.45) is 4.69. The zero-order valence-electron chi connectivity index (χ0n) is 8.52. The van der Waals surface area contributed by atoms with E-state index in [9.17, 15) is 0 Å². The molecule has 0 heterocycles. The van der Waals surface area contributed by atoms with E-state index < -0.39 is 0 Å². The van der Waals surface area contributed by atoms with Crippen molar-refractivity contribution >= 4 is 0 Å². The Balaban J connectivity index is 2.74. The van der Waals surface area contributed by atoms with Crippen LogP contribution in [0, 0.1) is 11.8 Å². The van der Waals surface area contributed by atoms with Crippen LogP contribution in [0.15, 0.2) is 23.4 Å². The van der Waals surface area contributed by atoms with E-state index >= 15 is 0 Å². The molecule has 0 bridgehead atoms. The first-order valence-electron chi connectivity index (χ1n) is 4.79. The summed E-state index contributed by atoms with van der Waals surface area (Å²) in [6.45, 7) is 9.87. The van der Waals surface area contributed by atoms with E-state index in [0.29, 0.717) is 11.8 Å². The molecule has 1 aliphatic carbocycles. The molecule has 0 saturated heterocycles.